The van der Waals surface area contributed by atoms with E-state index in [9.17, 15) is 4.39 Å². The van der Waals surface area contributed by atoms with Crippen LogP contribution in [0, 0.1) is 17.1 Å². The Kier molecular flexibility index (Phi) is 5.26. The van der Waals surface area contributed by atoms with Crippen LogP contribution in [0.2, 0.25) is 0 Å². The van der Waals surface area contributed by atoms with Crippen molar-refractivity contribution in [3.63, 3.8) is 0 Å². The van der Waals surface area contributed by atoms with Crippen LogP contribution in [0.4, 0.5) is 10.1 Å². The molecule has 1 rings (SSSR count). The maximum absolute atomic E-state index is 12.9. The first-order valence-electron chi connectivity index (χ1n) is 5.22. The quantitative estimate of drug-likeness (QED) is 0.846. The van der Waals surface area contributed by atoms with Crippen molar-refractivity contribution in [2.75, 3.05) is 18.2 Å². The monoisotopic (exact) mass is 254 g/mol. The molecule has 0 saturated heterocycles. The molecule has 0 spiro atoms. The number of anilines is 1. The van der Waals surface area contributed by atoms with Crippen molar-refractivity contribution >= 4 is 17.4 Å². The molecule has 0 aromatic heterocycles. The molecule has 1 aromatic carbocycles. The third-order valence-electron chi connectivity index (χ3n) is 2.53. The smallest absolute Gasteiger partial charge is 0.124 e. The van der Waals surface area contributed by atoms with Crippen molar-refractivity contribution in [1.29, 1.82) is 5.26 Å². The number of thioether (sulfide) groups is 1. The van der Waals surface area contributed by atoms with Gasteiger partial charge in [-0.2, -0.15) is 17.0 Å². The topological polar surface area (TPSA) is 56.0 Å². The highest BCUT2D eigenvalue weighted by molar-refractivity contribution is 7.99. The highest BCUT2D eigenvalue weighted by Crippen LogP contribution is 2.20. The predicted molar refractivity (Wildman–Crippen MR) is 68.6 cm³/mol. The summed E-state index contributed by atoms with van der Waals surface area (Å²) in [5.41, 5.74) is 0.864. The molecule has 0 aliphatic heterocycles. The summed E-state index contributed by atoms with van der Waals surface area (Å²) in [4.78, 5) is 0. The number of halogens is 1. The molecule has 0 aliphatic carbocycles. The molecule has 5 heteroatoms. The maximum atomic E-state index is 12.9. The Bertz CT molecular complexity index is 415. The van der Waals surface area contributed by atoms with Crippen LogP contribution in [-0.2, 0) is 0 Å². The summed E-state index contributed by atoms with van der Waals surface area (Å²) in [7, 11) is 0. The summed E-state index contributed by atoms with van der Waals surface area (Å²) in [6, 6.07) is 5.98. The molecule has 0 aliphatic rings. The van der Waals surface area contributed by atoms with Gasteiger partial charge in [-0.3, -0.25) is 0 Å². The highest BCUT2D eigenvalue weighted by atomic mass is 32.2. The Morgan fingerprint density at radius 3 is 2.82 bits per heavy atom. The summed E-state index contributed by atoms with van der Waals surface area (Å²) in [6.07, 6.45) is 1.91. The van der Waals surface area contributed by atoms with Gasteiger partial charge < -0.3 is 10.4 Å². The summed E-state index contributed by atoms with van der Waals surface area (Å²) >= 11 is 1.54. The summed E-state index contributed by atoms with van der Waals surface area (Å²) in [6.45, 7) is 1.97. The molecule has 0 unspecified atom stereocenters. The minimum Gasteiger partial charge on any atom is -0.395 e. The van der Waals surface area contributed by atoms with Crippen molar-refractivity contribution in [3.05, 3.63) is 29.6 Å². The molecule has 0 amide bonds. The van der Waals surface area contributed by atoms with Crippen LogP contribution in [0.5, 0.6) is 0 Å². The molecule has 3 nitrogen and oxygen atoms in total. The lowest BCUT2D eigenvalue weighted by Crippen LogP contribution is -2.31. The highest BCUT2D eigenvalue weighted by Gasteiger charge is 2.16. The first kappa shape index (κ1) is 13.8. The number of hydrogen-bond acceptors (Lipinski definition) is 4. The second-order valence-corrected chi connectivity index (χ2v) is 4.77. The fourth-order valence-corrected chi connectivity index (χ4v) is 2.14. The molecule has 2 N–H and O–H groups in total. The minimum atomic E-state index is -0.427. The zero-order valence-corrected chi connectivity index (χ0v) is 10.6. The number of benzene rings is 1. The molecule has 1 aromatic rings. The maximum Gasteiger partial charge on any atom is 0.124 e. The molecule has 2 atom stereocenters. The van der Waals surface area contributed by atoms with Gasteiger partial charge in [0.15, 0.2) is 0 Å². The van der Waals surface area contributed by atoms with Gasteiger partial charge >= 0.3 is 0 Å². The van der Waals surface area contributed by atoms with Gasteiger partial charge in [-0.1, -0.05) is 0 Å². The standard InChI is InChI=1S/C12H15FN2OS/c1-8(12(7-16)17-2)15-11-4-3-10(13)5-9(11)6-14/h3-5,8,12,15-16H,7H2,1-2H3/t8-,12+/m0/s1. The molecular weight excluding hydrogens is 239 g/mol. The van der Waals surface area contributed by atoms with Crippen LogP contribution in [0.15, 0.2) is 18.2 Å². The van der Waals surface area contributed by atoms with E-state index in [-0.39, 0.29) is 23.5 Å². The lowest BCUT2D eigenvalue weighted by molar-refractivity contribution is 0.288. The van der Waals surface area contributed by atoms with Gasteiger partial charge in [0.05, 0.1) is 17.9 Å². The van der Waals surface area contributed by atoms with Crippen molar-refractivity contribution in [2.24, 2.45) is 0 Å². The van der Waals surface area contributed by atoms with E-state index in [0.717, 1.165) is 0 Å². The van der Waals surface area contributed by atoms with Crippen molar-refractivity contribution in [3.8, 4) is 6.07 Å². The molecule has 0 heterocycles. The van der Waals surface area contributed by atoms with Gasteiger partial charge in [0.2, 0.25) is 0 Å². The Morgan fingerprint density at radius 1 is 1.59 bits per heavy atom. The number of nitrogens with one attached hydrogen (secondary N) is 1. The van der Waals surface area contributed by atoms with E-state index in [4.69, 9.17) is 10.4 Å². The lowest BCUT2D eigenvalue weighted by atomic mass is 10.1. The zero-order valence-electron chi connectivity index (χ0n) is 9.77. The molecule has 0 radical (unpaired) electrons. The van der Waals surface area contributed by atoms with E-state index in [1.807, 2.05) is 19.2 Å². The third kappa shape index (κ3) is 3.62. The first-order chi connectivity index (χ1) is 8.12. The summed E-state index contributed by atoms with van der Waals surface area (Å²) < 4.78 is 12.9. The zero-order chi connectivity index (χ0) is 12.8. The number of rotatable bonds is 5. The van der Waals surface area contributed by atoms with E-state index in [2.05, 4.69) is 5.32 Å². The van der Waals surface area contributed by atoms with E-state index in [1.54, 1.807) is 17.8 Å². The molecule has 0 saturated carbocycles. The number of hydrogen-bond donors (Lipinski definition) is 2. The van der Waals surface area contributed by atoms with Crippen LogP contribution >= 0.6 is 11.8 Å². The van der Waals surface area contributed by atoms with Gasteiger partial charge in [0.1, 0.15) is 11.9 Å². The second kappa shape index (κ2) is 6.48. The second-order valence-electron chi connectivity index (χ2n) is 3.69. The van der Waals surface area contributed by atoms with E-state index in [1.165, 1.54) is 12.1 Å². The lowest BCUT2D eigenvalue weighted by Gasteiger charge is -2.22. The number of nitriles is 1. The third-order valence-corrected chi connectivity index (χ3v) is 3.69. The van der Waals surface area contributed by atoms with Crippen LogP contribution in [0.1, 0.15) is 12.5 Å². The van der Waals surface area contributed by atoms with Crippen molar-refractivity contribution in [2.45, 2.75) is 18.2 Å². The Labute approximate surface area is 105 Å². The van der Waals surface area contributed by atoms with E-state index >= 15 is 0 Å². The molecule has 0 bridgehead atoms. The first-order valence-corrected chi connectivity index (χ1v) is 6.51. The largest absolute Gasteiger partial charge is 0.395 e. The average molecular weight is 254 g/mol. The van der Waals surface area contributed by atoms with Gasteiger partial charge in [-0.25, -0.2) is 4.39 Å². The molecule has 0 fully saturated rings. The van der Waals surface area contributed by atoms with E-state index < -0.39 is 5.82 Å². The number of aliphatic hydroxyl groups is 1. The molecular formula is C12H15FN2OS. The Morgan fingerprint density at radius 2 is 2.29 bits per heavy atom. The van der Waals surface area contributed by atoms with Crippen LogP contribution < -0.4 is 5.32 Å². The van der Waals surface area contributed by atoms with Gasteiger partial charge in [0, 0.05) is 11.3 Å². The van der Waals surface area contributed by atoms with Crippen LogP contribution in [-0.4, -0.2) is 29.3 Å². The van der Waals surface area contributed by atoms with E-state index in [0.29, 0.717) is 5.69 Å². The molecule has 17 heavy (non-hydrogen) atoms. The van der Waals surface area contributed by atoms with Crippen LogP contribution in [0.3, 0.4) is 0 Å². The Hall–Kier alpha value is -1.25. The normalized spacial score (nSPS) is 13.8. The fraction of sp³-hybridized carbons (Fsp3) is 0.417. The number of nitrogens with zero attached hydrogens (tertiary/aromatic N) is 1. The summed E-state index contributed by atoms with van der Waals surface area (Å²) in [5, 5.41) is 21.2. The van der Waals surface area contributed by atoms with Crippen molar-refractivity contribution < 1.29 is 9.50 Å². The molecule has 92 valence electrons. The predicted octanol–water partition coefficient (Wildman–Crippen LogP) is 2.22. The number of aliphatic hydroxyl groups excluding tert-OH is 1. The fourth-order valence-electron chi connectivity index (χ4n) is 1.51. The Balaban J connectivity index is 2.85. The SMILES string of the molecule is CS[C@H](CO)[C@H](C)Nc1ccc(F)cc1C#N. The average Bonchev–Trinajstić information content (AvgIpc) is 2.33. The van der Waals surface area contributed by atoms with Gasteiger partial charge in [-0.05, 0) is 31.4 Å². The minimum absolute atomic E-state index is 0.00689. The van der Waals surface area contributed by atoms with Gasteiger partial charge in [-0.15, -0.1) is 0 Å². The van der Waals surface area contributed by atoms with Crippen molar-refractivity contribution in [1.82, 2.24) is 0 Å². The van der Waals surface area contributed by atoms with Gasteiger partial charge in [0.25, 0.3) is 0 Å². The summed E-state index contributed by atoms with van der Waals surface area (Å²) in [5.74, 6) is -0.427. The van der Waals surface area contributed by atoms with Crippen LogP contribution in [0.25, 0.3) is 0 Å².